The Hall–Kier alpha value is -1.84. The van der Waals surface area contributed by atoms with E-state index in [0.29, 0.717) is 5.82 Å². The Morgan fingerprint density at radius 2 is 2.18 bits per heavy atom. The fraction of sp³-hybridized carbons (Fsp3) is 0.385. The molecule has 0 aliphatic carbocycles. The highest BCUT2D eigenvalue weighted by Crippen LogP contribution is 2.15. The van der Waals surface area contributed by atoms with Gasteiger partial charge in [-0.15, -0.1) is 0 Å². The van der Waals surface area contributed by atoms with Gasteiger partial charge in [-0.25, -0.2) is 4.68 Å². The molecule has 0 saturated carbocycles. The van der Waals surface area contributed by atoms with Crippen molar-refractivity contribution in [1.29, 1.82) is 0 Å². The summed E-state index contributed by atoms with van der Waals surface area (Å²) in [6.07, 6.45) is 5.07. The summed E-state index contributed by atoms with van der Waals surface area (Å²) in [7, 11) is 0. The van der Waals surface area contributed by atoms with E-state index < -0.39 is 0 Å². The number of pyridine rings is 1. The lowest BCUT2D eigenvalue weighted by atomic mass is 10.2. The van der Waals surface area contributed by atoms with Crippen molar-refractivity contribution in [1.82, 2.24) is 14.8 Å². The van der Waals surface area contributed by atoms with Gasteiger partial charge in [0.1, 0.15) is 5.82 Å². The minimum absolute atomic E-state index is 0.682. The van der Waals surface area contributed by atoms with Crippen molar-refractivity contribution in [3.8, 4) is 5.69 Å². The molecule has 2 N–H and O–H groups in total. The predicted octanol–water partition coefficient (Wildman–Crippen LogP) is 2.50. The monoisotopic (exact) mass is 230 g/mol. The molecule has 90 valence electrons. The van der Waals surface area contributed by atoms with Gasteiger partial charge < -0.3 is 5.73 Å². The van der Waals surface area contributed by atoms with E-state index in [9.17, 15) is 0 Å². The van der Waals surface area contributed by atoms with E-state index in [1.54, 1.807) is 10.9 Å². The Bertz CT molecular complexity index is 502. The van der Waals surface area contributed by atoms with Crippen molar-refractivity contribution < 1.29 is 0 Å². The summed E-state index contributed by atoms with van der Waals surface area (Å²) < 4.78 is 1.78. The highest BCUT2D eigenvalue weighted by Gasteiger charge is 2.06. The van der Waals surface area contributed by atoms with Crippen molar-refractivity contribution in [3.05, 3.63) is 35.8 Å². The molecule has 4 nitrogen and oxygen atoms in total. The minimum atomic E-state index is 0.682. The molecule has 0 spiro atoms. The summed E-state index contributed by atoms with van der Waals surface area (Å²) >= 11 is 0. The minimum Gasteiger partial charge on any atom is -0.384 e. The summed E-state index contributed by atoms with van der Waals surface area (Å²) in [5.41, 5.74) is 8.97. The lowest BCUT2D eigenvalue weighted by Gasteiger charge is -2.03. The number of nitrogens with zero attached hydrogens (tertiary/aromatic N) is 3. The molecule has 4 heteroatoms. The summed E-state index contributed by atoms with van der Waals surface area (Å²) in [5, 5.41) is 4.52. The number of aromatic nitrogens is 3. The lowest BCUT2D eigenvalue weighted by molar-refractivity contribution is 0.753. The van der Waals surface area contributed by atoms with E-state index in [0.717, 1.165) is 29.9 Å². The van der Waals surface area contributed by atoms with E-state index in [-0.39, 0.29) is 0 Å². The van der Waals surface area contributed by atoms with Crippen LogP contribution < -0.4 is 5.73 Å². The molecule has 2 aromatic rings. The zero-order chi connectivity index (χ0) is 12.3. The molecule has 0 amide bonds. The van der Waals surface area contributed by atoms with Crippen LogP contribution in [0.1, 0.15) is 31.2 Å². The highest BCUT2D eigenvalue weighted by molar-refractivity contribution is 5.42. The highest BCUT2D eigenvalue weighted by atomic mass is 15.3. The number of nitrogens with two attached hydrogens (primary N) is 1. The van der Waals surface area contributed by atoms with Crippen LogP contribution in [0, 0.1) is 6.92 Å². The lowest BCUT2D eigenvalue weighted by Crippen LogP contribution is -2.02. The number of hydrogen-bond acceptors (Lipinski definition) is 3. The van der Waals surface area contributed by atoms with Gasteiger partial charge >= 0.3 is 0 Å². The Kier molecular flexibility index (Phi) is 3.42. The quantitative estimate of drug-likeness (QED) is 0.878. The predicted molar refractivity (Wildman–Crippen MR) is 69.1 cm³/mol. The van der Waals surface area contributed by atoms with Crippen LogP contribution in [0.5, 0.6) is 0 Å². The molecule has 0 bridgehead atoms. The Morgan fingerprint density at radius 3 is 2.88 bits per heavy atom. The molecule has 0 atom stereocenters. The zero-order valence-electron chi connectivity index (χ0n) is 10.3. The molecule has 2 heterocycles. The van der Waals surface area contributed by atoms with Gasteiger partial charge in [0.05, 0.1) is 11.4 Å². The number of anilines is 1. The van der Waals surface area contributed by atoms with Crippen LogP contribution in [-0.2, 0) is 6.42 Å². The zero-order valence-corrected chi connectivity index (χ0v) is 10.3. The molecule has 0 aliphatic rings. The van der Waals surface area contributed by atoms with Crippen LogP contribution in [0.2, 0.25) is 0 Å². The van der Waals surface area contributed by atoms with Crippen molar-refractivity contribution >= 4 is 5.82 Å². The van der Waals surface area contributed by atoms with Gasteiger partial charge in [0.15, 0.2) is 0 Å². The normalized spacial score (nSPS) is 10.7. The molecule has 17 heavy (non-hydrogen) atoms. The molecular formula is C13H18N4. The maximum atomic E-state index is 5.98. The number of hydrogen-bond donors (Lipinski definition) is 1. The Labute approximate surface area is 101 Å². The van der Waals surface area contributed by atoms with Crippen molar-refractivity contribution in [2.75, 3.05) is 5.73 Å². The Morgan fingerprint density at radius 1 is 1.35 bits per heavy atom. The maximum absolute atomic E-state index is 5.98. The molecule has 0 aliphatic heterocycles. The molecule has 2 aromatic heterocycles. The summed E-state index contributed by atoms with van der Waals surface area (Å²) in [6.45, 7) is 4.13. The fourth-order valence-corrected chi connectivity index (χ4v) is 1.80. The van der Waals surface area contributed by atoms with Gasteiger partial charge in [-0.05, 0) is 31.9 Å². The van der Waals surface area contributed by atoms with Gasteiger partial charge in [-0.3, -0.25) is 4.98 Å². The summed E-state index contributed by atoms with van der Waals surface area (Å²) in [6, 6.07) is 5.85. The average molecular weight is 230 g/mol. The topological polar surface area (TPSA) is 56.7 Å². The number of nitrogen functional groups attached to an aromatic ring is 1. The van der Waals surface area contributed by atoms with Crippen LogP contribution in [0.3, 0.4) is 0 Å². The molecule has 0 saturated heterocycles. The van der Waals surface area contributed by atoms with Gasteiger partial charge in [0, 0.05) is 18.0 Å². The third kappa shape index (κ3) is 2.64. The van der Waals surface area contributed by atoms with E-state index in [1.807, 2.05) is 25.1 Å². The fourth-order valence-electron chi connectivity index (χ4n) is 1.80. The third-order valence-electron chi connectivity index (χ3n) is 2.70. The van der Waals surface area contributed by atoms with Gasteiger partial charge in [0.2, 0.25) is 0 Å². The largest absolute Gasteiger partial charge is 0.384 e. The van der Waals surface area contributed by atoms with E-state index in [2.05, 4.69) is 17.0 Å². The molecular weight excluding hydrogens is 212 g/mol. The number of aryl methyl sites for hydroxylation is 2. The second-order valence-corrected chi connectivity index (χ2v) is 4.23. The van der Waals surface area contributed by atoms with Crippen LogP contribution in [-0.4, -0.2) is 14.8 Å². The van der Waals surface area contributed by atoms with Crippen molar-refractivity contribution in [2.45, 2.75) is 33.1 Å². The first-order valence-corrected chi connectivity index (χ1v) is 5.98. The van der Waals surface area contributed by atoms with Crippen molar-refractivity contribution in [3.63, 3.8) is 0 Å². The summed E-state index contributed by atoms with van der Waals surface area (Å²) in [4.78, 5) is 4.17. The first kappa shape index (κ1) is 11.6. The van der Waals surface area contributed by atoms with Crippen LogP contribution >= 0.6 is 0 Å². The van der Waals surface area contributed by atoms with E-state index in [4.69, 9.17) is 5.73 Å². The Balaban J connectivity index is 2.29. The second kappa shape index (κ2) is 4.99. The average Bonchev–Trinajstić information content (AvgIpc) is 2.68. The molecule has 0 aromatic carbocycles. The maximum Gasteiger partial charge on any atom is 0.127 e. The smallest absolute Gasteiger partial charge is 0.127 e. The molecule has 0 radical (unpaired) electrons. The molecule has 0 fully saturated rings. The van der Waals surface area contributed by atoms with Crippen LogP contribution in [0.25, 0.3) is 5.69 Å². The number of rotatable bonds is 4. The van der Waals surface area contributed by atoms with Gasteiger partial charge in [0.25, 0.3) is 0 Å². The first-order valence-electron chi connectivity index (χ1n) is 5.98. The standard InChI is InChI=1S/C13H18N4/c1-3-4-5-11-9-13(14)17(16-11)12-6-7-15-10(2)8-12/h6-9H,3-5,14H2,1-2H3. The van der Waals surface area contributed by atoms with Crippen LogP contribution in [0.4, 0.5) is 5.82 Å². The van der Waals surface area contributed by atoms with Gasteiger partial charge in [-0.1, -0.05) is 13.3 Å². The van der Waals surface area contributed by atoms with E-state index in [1.165, 1.54) is 6.42 Å². The number of unbranched alkanes of at least 4 members (excludes halogenated alkanes) is 1. The van der Waals surface area contributed by atoms with E-state index >= 15 is 0 Å². The SMILES string of the molecule is CCCCc1cc(N)n(-c2ccnc(C)c2)n1. The summed E-state index contributed by atoms with van der Waals surface area (Å²) in [5.74, 6) is 0.682. The molecule has 0 unspecified atom stereocenters. The van der Waals surface area contributed by atoms with Gasteiger partial charge in [-0.2, -0.15) is 5.10 Å². The first-order chi connectivity index (χ1) is 8.20. The van der Waals surface area contributed by atoms with Crippen molar-refractivity contribution in [2.24, 2.45) is 0 Å². The van der Waals surface area contributed by atoms with Crippen LogP contribution in [0.15, 0.2) is 24.4 Å². The molecule has 2 rings (SSSR count). The second-order valence-electron chi connectivity index (χ2n) is 4.23. The third-order valence-corrected chi connectivity index (χ3v) is 2.70.